The van der Waals surface area contributed by atoms with Crippen LogP contribution in [0.15, 0.2) is 18.7 Å². The standard InChI is InChI=1S/C23H45N2.NO3/c1-3-5-7-9-11-12-13-14-16-18-20-25-22-21-24(23-25)19-17-15-10-8-6-4-2;2-1(3)4/h21-23H,3-20H2,1-2H3;/q+1;-1. The Balaban J connectivity index is 0.00000178. The Morgan fingerprint density at radius 3 is 1.62 bits per heavy atom. The van der Waals surface area contributed by atoms with Crippen LogP contribution in [-0.4, -0.2) is 9.65 Å². The minimum atomic E-state index is -1.75. The first-order chi connectivity index (χ1) is 14.1. The number of aromatic nitrogens is 2. The van der Waals surface area contributed by atoms with Crippen LogP contribution < -0.4 is 4.57 Å². The second kappa shape index (κ2) is 21.1. The molecule has 1 aromatic heterocycles. The van der Waals surface area contributed by atoms with Crippen LogP contribution in [0.2, 0.25) is 0 Å². The zero-order valence-corrected chi connectivity index (χ0v) is 19.0. The second-order valence-corrected chi connectivity index (χ2v) is 8.06. The van der Waals surface area contributed by atoms with Gasteiger partial charge >= 0.3 is 0 Å². The monoisotopic (exact) mass is 411 g/mol. The molecule has 6 nitrogen and oxygen atoms in total. The topological polar surface area (TPSA) is 75.0 Å². The van der Waals surface area contributed by atoms with Gasteiger partial charge < -0.3 is 15.3 Å². The molecule has 0 saturated heterocycles. The summed E-state index contributed by atoms with van der Waals surface area (Å²) in [4.78, 5) is 8.25. The van der Waals surface area contributed by atoms with Gasteiger partial charge in [-0.25, -0.2) is 9.13 Å². The van der Waals surface area contributed by atoms with Crippen molar-refractivity contribution in [2.45, 2.75) is 130 Å². The third kappa shape index (κ3) is 20.9. The van der Waals surface area contributed by atoms with Gasteiger partial charge in [0.2, 0.25) is 6.33 Å². The summed E-state index contributed by atoms with van der Waals surface area (Å²) in [6, 6.07) is 0. The lowest BCUT2D eigenvalue weighted by Crippen LogP contribution is -2.30. The molecule has 0 aliphatic heterocycles. The lowest BCUT2D eigenvalue weighted by Gasteiger charge is -2.01. The van der Waals surface area contributed by atoms with Gasteiger partial charge in [0.25, 0.3) is 0 Å². The average molecular weight is 412 g/mol. The van der Waals surface area contributed by atoms with Crippen molar-refractivity contribution in [3.63, 3.8) is 0 Å². The van der Waals surface area contributed by atoms with Crippen LogP contribution in [-0.2, 0) is 13.1 Å². The van der Waals surface area contributed by atoms with Crippen LogP contribution in [0.25, 0.3) is 0 Å². The largest absolute Gasteiger partial charge is 0.356 e. The van der Waals surface area contributed by atoms with E-state index in [1.165, 1.54) is 116 Å². The molecule has 29 heavy (non-hydrogen) atoms. The summed E-state index contributed by atoms with van der Waals surface area (Å²) < 4.78 is 4.75. The Kier molecular flexibility index (Phi) is 20.0. The molecule has 0 aliphatic carbocycles. The van der Waals surface area contributed by atoms with Crippen molar-refractivity contribution in [2.75, 3.05) is 0 Å². The van der Waals surface area contributed by atoms with Gasteiger partial charge in [0.15, 0.2) is 0 Å². The highest BCUT2D eigenvalue weighted by molar-refractivity contribution is 4.66. The van der Waals surface area contributed by atoms with E-state index in [0.717, 1.165) is 0 Å². The Hall–Kier alpha value is -1.59. The van der Waals surface area contributed by atoms with E-state index in [9.17, 15) is 0 Å². The lowest BCUT2D eigenvalue weighted by atomic mass is 10.1. The lowest BCUT2D eigenvalue weighted by molar-refractivity contribution is -0.696. The van der Waals surface area contributed by atoms with Gasteiger partial charge in [0.1, 0.15) is 12.4 Å². The van der Waals surface area contributed by atoms with E-state index < -0.39 is 5.09 Å². The molecule has 170 valence electrons. The summed E-state index contributed by atoms with van der Waals surface area (Å²) in [6.07, 6.45) is 29.3. The molecule has 0 N–H and O–H groups in total. The van der Waals surface area contributed by atoms with E-state index in [-0.39, 0.29) is 0 Å². The first-order valence-electron chi connectivity index (χ1n) is 12.0. The maximum atomic E-state index is 8.25. The molecule has 0 spiro atoms. The van der Waals surface area contributed by atoms with Crippen LogP contribution >= 0.6 is 0 Å². The van der Waals surface area contributed by atoms with E-state index in [1.807, 2.05) is 0 Å². The zero-order valence-electron chi connectivity index (χ0n) is 19.0. The van der Waals surface area contributed by atoms with Crippen molar-refractivity contribution in [1.82, 2.24) is 4.57 Å². The number of hydrogen-bond acceptors (Lipinski definition) is 3. The average Bonchev–Trinajstić information content (AvgIpc) is 3.13. The highest BCUT2D eigenvalue weighted by atomic mass is 16.9. The van der Waals surface area contributed by atoms with Crippen LogP contribution in [0.1, 0.15) is 117 Å². The first-order valence-corrected chi connectivity index (χ1v) is 12.0. The fraction of sp³-hybridized carbons (Fsp3) is 0.870. The highest BCUT2D eigenvalue weighted by Gasteiger charge is 2.03. The number of imidazole rings is 1. The molecular formula is C23H45N3O3. The molecule has 0 unspecified atom stereocenters. The van der Waals surface area contributed by atoms with Crippen molar-refractivity contribution in [3.8, 4) is 0 Å². The summed E-state index contributed by atoms with van der Waals surface area (Å²) in [7, 11) is 0. The molecule has 0 aromatic carbocycles. The minimum absolute atomic E-state index is 1.19. The number of hydrogen-bond donors (Lipinski definition) is 0. The zero-order chi connectivity index (χ0) is 21.6. The van der Waals surface area contributed by atoms with Crippen LogP contribution in [0.5, 0.6) is 0 Å². The fourth-order valence-electron chi connectivity index (χ4n) is 3.56. The van der Waals surface area contributed by atoms with Gasteiger partial charge in [0, 0.05) is 0 Å². The van der Waals surface area contributed by atoms with Crippen LogP contribution in [0.4, 0.5) is 0 Å². The molecular weight excluding hydrogens is 366 g/mol. The Morgan fingerprint density at radius 1 is 0.724 bits per heavy atom. The molecule has 0 bridgehead atoms. The predicted molar refractivity (Wildman–Crippen MR) is 120 cm³/mol. The molecule has 1 aromatic rings. The van der Waals surface area contributed by atoms with E-state index in [1.54, 1.807) is 0 Å². The first kappa shape index (κ1) is 27.4. The third-order valence-corrected chi connectivity index (χ3v) is 5.29. The predicted octanol–water partition coefficient (Wildman–Crippen LogP) is 6.82. The summed E-state index contributed by atoms with van der Waals surface area (Å²) >= 11 is 0. The molecule has 6 heteroatoms. The second-order valence-electron chi connectivity index (χ2n) is 8.06. The van der Waals surface area contributed by atoms with E-state index >= 15 is 0 Å². The Morgan fingerprint density at radius 2 is 1.14 bits per heavy atom. The van der Waals surface area contributed by atoms with Crippen molar-refractivity contribution in [2.24, 2.45) is 0 Å². The quantitative estimate of drug-likeness (QED) is 0.115. The van der Waals surface area contributed by atoms with E-state index in [2.05, 4.69) is 41.7 Å². The Bertz CT molecular complexity index is 474. The number of unbranched alkanes of at least 4 members (excludes halogenated alkanes) is 14. The van der Waals surface area contributed by atoms with Gasteiger partial charge in [-0.05, 0) is 25.7 Å². The molecule has 0 saturated carbocycles. The number of rotatable bonds is 18. The Labute approximate surface area is 178 Å². The molecule has 0 amide bonds. The van der Waals surface area contributed by atoms with E-state index in [0.29, 0.717) is 0 Å². The van der Waals surface area contributed by atoms with Gasteiger partial charge in [-0.1, -0.05) is 90.9 Å². The molecule has 0 fully saturated rings. The summed E-state index contributed by atoms with van der Waals surface area (Å²) in [5.41, 5.74) is 0. The van der Waals surface area contributed by atoms with Gasteiger partial charge in [-0.2, -0.15) is 0 Å². The van der Waals surface area contributed by atoms with E-state index in [4.69, 9.17) is 15.3 Å². The minimum Gasteiger partial charge on any atom is -0.356 e. The van der Waals surface area contributed by atoms with Gasteiger partial charge in [0.05, 0.1) is 18.2 Å². The third-order valence-electron chi connectivity index (χ3n) is 5.29. The van der Waals surface area contributed by atoms with Crippen LogP contribution in [0.3, 0.4) is 0 Å². The maximum absolute atomic E-state index is 8.25. The van der Waals surface area contributed by atoms with Crippen molar-refractivity contribution in [1.29, 1.82) is 0 Å². The highest BCUT2D eigenvalue weighted by Crippen LogP contribution is 2.10. The SMILES string of the molecule is CCCCCCCCCCCC[n+]1ccn(CCCCCCCC)c1.O=[N+]([O-])[O-]. The van der Waals surface area contributed by atoms with Crippen molar-refractivity contribution >= 4 is 0 Å². The smallest absolute Gasteiger partial charge is 0.243 e. The van der Waals surface area contributed by atoms with Crippen molar-refractivity contribution < 1.29 is 9.65 Å². The molecule has 0 atom stereocenters. The number of nitrogens with zero attached hydrogens (tertiary/aromatic N) is 3. The summed E-state index contributed by atoms with van der Waals surface area (Å²) in [5, 5.41) is 14.8. The summed E-state index contributed by atoms with van der Waals surface area (Å²) in [5.74, 6) is 0. The molecule has 0 aliphatic rings. The molecule has 0 radical (unpaired) electrons. The maximum Gasteiger partial charge on any atom is 0.243 e. The van der Waals surface area contributed by atoms with Gasteiger partial charge in [-0.15, -0.1) is 0 Å². The van der Waals surface area contributed by atoms with Crippen LogP contribution in [0, 0.1) is 15.3 Å². The normalized spacial score (nSPS) is 10.6. The number of aryl methyl sites for hydroxylation is 2. The molecule has 1 heterocycles. The summed E-state index contributed by atoms with van der Waals surface area (Å²) in [6.45, 7) is 6.96. The fourth-order valence-corrected chi connectivity index (χ4v) is 3.56. The molecule has 1 rings (SSSR count). The van der Waals surface area contributed by atoms with Crippen molar-refractivity contribution in [3.05, 3.63) is 34.0 Å². The van der Waals surface area contributed by atoms with Gasteiger partial charge in [-0.3, -0.25) is 0 Å².